The highest BCUT2D eigenvalue weighted by Crippen LogP contribution is 2.46. The molecule has 0 aliphatic rings. The number of rotatable bonds is 3. The highest BCUT2D eigenvalue weighted by atomic mass is 16.5. The number of aromatic hydroxyl groups is 4. The molecule has 0 amide bonds. The standard InChI is InChI=1S/C17H14O8/c1-23-15-8(19)4-3-7(18)14(15)12-6-10(21)13-9(20)5-11(22)16(24-2)17(13)25-12/h3-6,18-20,22H,1-2H3. The van der Waals surface area contributed by atoms with E-state index >= 15 is 0 Å². The third-order valence-corrected chi connectivity index (χ3v) is 3.69. The van der Waals surface area contributed by atoms with Gasteiger partial charge in [0.25, 0.3) is 0 Å². The van der Waals surface area contributed by atoms with E-state index in [4.69, 9.17) is 13.9 Å². The maximum atomic E-state index is 12.4. The topological polar surface area (TPSA) is 130 Å². The van der Waals surface area contributed by atoms with Gasteiger partial charge in [0.15, 0.2) is 28.3 Å². The molecule has 130 valence electrons. The predicted octanol–water partition coefficient (Wildman–Crippen LogP) is 2.30. The summed E-state index contributed by atoms with van der Waals surface area (Å²) in [4.78, 5) is 12.4. The minimum Gasteiger partial charge on any atom is -0.507 e. The Bertz CT molecular complexity index is 1040. The maximum absolute atomic E-state index is 12.4. The van der Waals surface area contributed by atoms with Crippen LogP contribution in [0.3, 0.4) is 0 Å². The Hall–Kier alpha value is -3.55. The van der Waals surface area contributed by atoms with Gasteiger partial charge in [-0.2, -0.15) is 0 Å². The minimum atomic E-state index is -0.642. The van der Waals surface area contributed by atoms with Crippen LogP contribution in [-0.2, 0) is 0 Å². The van der Waals surface area contributed by atoms with Crippen LogP contribution >= 0.6 is 0 Å². The second-order valence-electron chi connectivity index (χ2n) is 5.14. The first-order valence-electron chi connectivity index (χ1n) is 7.05. The Kier molecular flexibility index (Phi) is 3.80. The number of fused-ring (bicyclic) bond motifs is 1. The van der Waals surface area contributed by atoms with E-state index < -0.39 is 16.9 Å². The molecule has 1 aromatic heterocycles. The third kappa shape index (κ3) is 2.44. The van der Waals surface area contributed by atoms with E-state index in [2.05, 4.69) is 0 Å². The Labute approximate surface area is 140 Å². The Morgan fingerprint density at radius 2 is 1.48 bits per heavy atom. The number of methoxy groups -OCH3 is 2. The lowest BCUT2D eigenvalue weighted by molar-refractivity contribution is 0.364. The first-order chi connectivity index (χ1) is 11.9. The summed E-state index contributed by atoms with van der Waals surface area (Å²) in [6, 6.07) is 4.41. The van der Waals surface area contributed by atoms with E-state index in [1.165, 1.54) is 26.4 Å². The molecule has 8 heteroatoms. The molecule has 0 aliphatic heterocycles. The van der Waals surface area contributed by atoms with E-state index in [9.17, 15) is 25.2 Å². The quantitative estimate of drug-likeness (QED) is 0.532. The molecule has 0 bridgehead atoms. The van der Waals surface area contributed by atoms with Gasteiger partial charge < -0.3 is 34.3 Å². The molecule has 0 saturated heterocycles. The first-order valence-corrected chi connectivity index (χ1v) is 7.05. The molecule has 0 aliphatic carbocycles. The molecule has 0 saturated carbocycles. The fourth-order valence-electron chi connectivity index (χ4n) is 2.61. The van der Waals surface area contributed by atoms with E-state index in [1.807, 2.05) is 0 Å². The van der Waals surface area contributed by atoms with Crippen LogP contribution in [0.4, 0.5) is 0 Å². The van der Waals surface area contributed by atoms with Gasteiger partial charge >= 0.3 is 0 Å². The normalized spacial score (nSPS) is 10.8. The predicted molar refractivity (Wildman–Crippen MR) is 87.7 cm³/mol. The molecule has 8 nitrogen and oxygen atoms in total. The summed E-state index contributed by atoms with van der Waals surface area (Å²) in [6.45, 7) is 0. The van der Waals surface area contributed by atoms with E-state index in [0.29, 0.717) is 0 Å². The van der Waals surface area contributed by atoms with Crippen molar-refractivity contribution in [3.63, 3.8) is 0 Å². The van der Waals surface area contributed by atoms with E-state index in [-0.39, 0.29) is 45.3 Å². The fourth-order valence-corrected chi connectivity index (χ4v) is 2.61. The first kappa shape index (κ1) is 16.3. The van der Waals surface area contributed by atoms with Gasteiger partial charge in [0.2, 0.25) is 5.75 Å². The van der Waals surface area contributed by atoms with Crippen LogP contribution < -0.4 is 14.9 Å². The zero-order chi connectivity index (χ0) is 18.3. The molecule has 3 aromatic rings. The molecular formula is C17H14O8. The molecule has 1 heterocycles. The van der Waals surface area contributed by atoms with Crippen molar-refractivity contribution in [2.45, 2.75) is 0 Å². The summed E-state index contributed by atoms with van der Waals surface area (Å²) in [6.07, 6.45) is 0. The molecule has 0 spiro atoms. The monoisotopic (exact) mass is 346 g/mol. The third-order valence-electron chi connectivity index (χ3n) is 3.69. The molecular weight excluding hydrogens is 332 g/mol. The molecule has 3 rings (SSSR count). The number of benzene rings is 2. The van der Waals surface area contributed by atoms with Crippen LogP contribution in [0, 0.1) is 0 Å². The van der Waals surface area contributed by atoms with Gasteiger partial charge in [-0.25, -0.2) is 0 Å². The van der Waals surface area contributed by atoms with Crippen LogP contribution in [0.15, 0.2) is 33.5 Å². The lowest BCUT2D eigenvalue weighted by Gasteiger charge is -2.13. The van der Waals surface area contributed by atoms with Crippen molar-refractivity contribution in [3.8, 4) is 45.8 Å². The zero-order valence-corrected chi connectivity index (χ0v) is 13.2. The molecule has 25 heavy (non-hydrogen) atoms. The lowest BCUT2D eigenvalue weighted by Crippen LogP contribution is -2.03. The van der Waals surface area contributed by atoms with Crippen molar-refractivity contribution in [3.05, 3.63) is 34.5 Å². The summed E-state index contributed by atoms with van der Waals surface area (Å²) in [7, 11) is 2.53. The molecule has 0 atom stereocenters. The Balaban J connectivity index is 2.45. The van der Waals surface area contributed by atoms with Gasteiger partial charge in [0, 0.05) is 12.1 Å². The van der Waals surface area contributed by atoms with Crippen LogP contribution in [0.25, 0.3) is 22.3 Å². The van der Waals surface area contributed by atoms with Crippen molar-refractivity contribution >= 4 is 11.0 Å². The summed E-state index contributed by atoms with van der Waals surface area (Å²) >= 11 is 0. The second kappa shape index (κ2) is 5.82. The van der Waals surface area contributed by atoms with Gasteiger partial charge in [-0.15, -0.1) is 0 Å². The number of phenols is 4. The molecule has 0 radical (unpaired) electrons. The van der Waals surface area contributed by atoms with Gasteiger partial charge in [0.1, 0.15) is 28.2 Å². The largest absolute Gasteiger partial charge is 0.507 e. The van der Waals surface area contributed by atoms with Crippen LogP contribution in [0.2, 0.25) is 0 Å². The van der Waals surface area contributed by atoms with Crippen LogP contribution in [0.1, 0.15) is 0 Å². The minimum absolute atomic E-state index is 0.0635. The number of hydrogen-bond donors (Lipinski definition) is 4. The van der Waals surface area contributed by atoms with Gasteiger partial charge in [-0.3, -0.25) is 4.79 Å². The van der Waals surface area contributed by atoms with Crippen molar-refractivity contribution in [2.24, 2.45) is 0 Å². The molecule has 2 aromatic carbocycles. The zero-order valence-electron chi connectivity index (χ0n) is 13.2. The van der Waals surface area contributed by atoms with Crippen molar-refractivity contribution in [1.82, 2.24) is 0 Å². The van der Waals surface area contributed by atoms with Gasteiger partial charge in [-0.05, 0) is 12.1 Å². The number of ether oxygens (including phenoxy) is 2. The molecule has 4 N–H and O–H groups in total. The molecule has 0 unspecified atom stereocenters. The number of hydrogen-bond acceptors (Lipinski definition) is 8. The Morgan fingerprint density at radius 3 is 2.12 bits per heavy atom. The molecule has 0 fully saturated rings. The summed E-state index contributed by atoms with van der Waals surface area (Å²) in [5, 5.41) is 39.6. The highest BCUT2D eigenvalue weighted by Gasteiger charge is 2.23. The van der Waals surface area contributed by atoms with Crippen LogP contribution in [0.5, 0.6) is 34.5 Å². The fraction of sp³-hybridized carbons (Fsp3) is 0.118. The van der Waals surface area contributed by atoms with Crippen LogP contribution in [-0.4, -0.2) is 34.6 Å². The average Bonchev–Trinajstić information content (AvgIpc) is 2.56. The smallest absolute Gasteiger partial charge is 0.204 e. The highest BCUT2D eigenvalue weighted by molar-refractivity contribution is 5.92. The second-order valence-corrected chi connectivity index (χ2v) is 5.14. The van der Waals surface area contributed by atoms with Crippen molar-refractivity contribution < 1.29 is 34.3 Å². The summed E-state index contributed by atoms with van der Waals surface area (Å²) < 4.78 is 15.7. The number of phenolic OH excluding ortho intramolecular Hbond substituents is 4. The van der Waals surface area contributed by atoms with Gasteiger partial charge in [0.05, 0.1) is 14.2 Å². The maximum Gasteiger partial charge on any atom is 0.204 e. The Morgan fingerprint density at radius 1 is 0.840 bits per heavy atom. The van der Waals surface area contributed by atoms with Crippen molar-refractivity contribution in [1.29, 1.82) is 0 Å². The summed E-state index contributed by atoms with van der Waals surface area (Å²) in [5.41, 5.74) is -0.921. The summed E-state index contributed by atoms with van der Waals surface area (Å²) in [5.74, 6) is -1.91. The van der Waals surface area contributed by atoms with Crippen molar-refractivity contribution in [2.75, 3.05) is 14.2 Å². The van der Waals surface area contributed by atoms with E-state index in [0.717, 1.165) is 12.1 Å². The average molecular weight is 346 g/mol. The lowest BCUT2D eigenvalue weighted by atomic mass is 10.1. The van der Waals surface area contributed by atoms with E-state index in [1.54, 1.807) is 0 Å². The van der Waals surface area contributed by atoms with Gasteiger partial charge in [-0.1, -0.05) is 0 Å². The SMILES string of the molecule is COc1c(O)ccc(O)c1-c1cc(=O)c2c(O)cc(O)c(OC)c2o1.